The fraction of sp³-hybridized carbons (Fsp3) is 0.286. The lowest BCUT2D eigenvalue weighted by Crippen LogP contribution is -2.34. The Bertz CT molecular complexity index is 1270. The van der Waals surface area contributed by atoms with Crippen molar-refractivity contribution in [3.05, 3.63) is 64.2 Å². The number of fused-ring (bicyclic) bond motifs is 2. The van der Waals surface area contributed by atoms with Crippen molar-refractivity contribution < 1.29 is 27.4 Å². The van der Waals surface area contributed by atoms with Gasteiger partial charge in [0, 0.05) is 36.7 Å². The molecule has 2 heterocycles. The highest BCUT2D eigenvalue weighted by molar-refractivity contribution is 7.89. The summed E-state index contributed by atoms with van der Waals surface area (Å²) in [5.74, 6) is 0.175. The molecule has 3 aromatic rings. The Morgan fingerprint density at radius 1 is 1.10 bits per heavy atom. The predicted molar refractivity (Wildman–Crippen MR) is 111 cm³/mol. The molecule has 0 saturated carbocycles. The van der Waals surface area contributed by atoms with Crippen LogP contribution in [-0.2, 0) is 16.6 Å². The molecule has 0 fully saturated rings. The highest BCUT2D eigenvalue weighted by Gasteiger charge is 2.28. The summed E-state index contributed by atoms with van der Waals surface area (Å²) < 4.78 is 52.5. The zero-order valence-electron chi connectivity index (χ0n) is 16.5. The minimum Gasteiger partial charge on any atom is -0.486 e. The summed E-state index contributed by atoms with van der Waals surface area (Å²) in [7, 11) is -4.24. The molecule has 1 aromatic heterocycles. The Kier molecular flexibility index (Phi) is 5.94. The first-order chi connectivity index (χ1) is 14.9. The number of hydrogen-bond donors (Lipinski definition) is 2. The number of aliphatic hydroxyl groups excluding tert-OH is 1. The molecule has 2 N–H and O–H groups in total. The van der Waals surface area contributed by atoms with Crippen LogP contribution in [0.25, 0.3) is 10.9 Å². The molecular weight excluding hydrogens is 427 g/mol. The maximum Gasteiger partial charge on any atom is 0.252 e. The first-order valence-electron chi connectivity index (χ1n) is 9.71. The van der Waals surface area contributed by atoms with Crippen molar-refractivity contribution >= 4 is 20.9 Å². The largest absolute Gasteiger partial charge is 0.486 e. The molecule has 2 aromatic carbocycles. The highest BCUT2D eigenvalue weighted by Crippen LogP contribution is 2.33. The van der Waals surface area contributed by atoms with Gasteiger partial charge in [-0.2, -0.15) is 4.31 Å². The standard InChI is InChI=1S/C21H21FN2O6S/c22-16-4-1-2-5-20(16)31(27,28)24(6-3-7-25)13-15-10-14-11-18-19(30-9-8-29-18)12-17(14)23-21(15)26/h1-2,4-5,10-12,25H,3,6-9,13H2,(H,23,26). The van der Waals surface area contributed by atoms with Gasteiger partial charge in [-0.1, -0.05) is 12.1 Å². The first-order valence-corrected chi connectivity index (χ1v) is 11.2. The molecule has 0 unspecified atom stereocenters. The van der Waals surface area contributed by atoms with Crippen LogP contribution >= 0.6 is 0 Å². The second-order valence-corrected chi connectivity index (χ2v) is 8.96. The number of H-pyrrole nitrogens is 1. The van der Waals surface area contributed by atoms with E-state index in [-0.39, 0.29) is 31.7 Å². The molecule has 1 aliphatic heterocycles. The summed E-state index contributed by atoms with van der Waals surface area (Å²) in [6.07, 6.45) is 0.137. The van der Waals surface area contributed by atoms with Gasteiger partial charge in [-0.15, -0.1) is 0 Å². The molecule has 164 valence electrons. The Labute approximate surface area is 177 Å². The molecule has 31 heavy (non-hydrogen) atoms. The van der Waals surface area contributed by atoms with Crippen LogP contribution in [0.2, 0.25) is 0 Å². The first kappa shape index (κ1) is 21.3. The van der Waals surface area contributed by atoms with E-state index in [1.165, 1.54) is 18.2 Å². The van der Waals surface area contributed by atoms with Crippen LogP contribution in [0.5, 0.6) is 11.5 Å². The summed E-state index contributed by atoms with van der Waals surface area (Å²) in [5, 5.41) is 9.83. The Morgan fingerprint density at radius 2 is 1.81 bits per heavy atom. The van der Waals surface area contributed by atoms with Gasteiger partial charge in [0.15, 0.2) is 11.5 Å². The van der Waals surface area contributed by atoms with E-state index in [0.29, 0.717) is 35.6 Å². The van der Waals surface area contributed by atoms with Crippen molar-refractivity contribution in [1.29, 1.82) is 0 Å². The smallest absolute Gasteiger partial charge is 0.252 e. The van der Waals surface area contributed by atoms with Crippen molar-refractivity contribution in [2.75, 3.05) is 26.4 Å². The Balaban J connectivity index is 1.73. The van der Waals surface area contributed by atoms with Gasteiger partial charge in [0.05, 0.1) is 5.52 Å². The lowest BCUT2D eigenvalue weighted by Gasteiger charge is -2.22. The van der Waals surface area contributed by atoms with Gasteiger partial charge in [-0.25, -0.2) is 12.8 Å². The van der Waals surface area contributed by atoms with Crippen LogP contribution in [0.4, 0.5) is 4.39 Å². The van der Waals surface area contributed by atoms with E-state index in [2.05, 4.69) is 4.98 Å². The summed E-state index contributed by atoms with van der Waals surface area (Å²) >= 11 is 0. The number of aromatic amines is 1. The normalized spacial score (nSPS) is 13.6. The van der Waals surface area contributed by atoms with Crippen LogP contribution in [0, 0.1) is 5.82 Å². The third-order valence-corrected chi connectivity index (χ3v) is 6.83. The van der Waals surface area contributed by atoms with Gasteiger partial charge in [-0.05, 0) is 30.7 Å². The lowest BCUT2D eigenvalue weighted by molar-refractivity contribution is 0.172. The van der Waals surface area contributed by atoms with Gasteiger partial charge in [-0.3, -0.25) is 4.79 Å². The van der Waals surface area contributed by atoms with E-state index in [1.807, 2.05) is 0 Å². The van der Waals surface area contributed by atoms with E-state index in [4.69, 9.17) is 9.47 Å². The van der Waals surface area contributed by atoms with Gasteiger partial charge < -0.3 is 19.6 Å². The second-order valence-electron chi connectivity index (χ2n) is 7.05. The van der Waals surface area contributed by atoms with E-state index in [0.717, 1.165) is 10.4 Å². The molecule has 0 bridgehead atoms. The fourth-order valence-corrected chi connectivity index (χ4v) is 4.94. The number of nitrogens with one attached hydrogen (secondary N) is 1. The molecule has 0 amide bonds. The summed E-state index contributed by atoms with van der Waals surface area (Å²) in [4.78, 5) is 14.9. The number of nitrogens with zero attached hydrogens (tertiary/aromatic N) is 1. The van der Waals surface area contributed by atoms with Gasteiger partial charge in [0.2, 0.25) is 10.0 Å². The molecule has 10 heteroatoms. The van der Waals surface area contributed by atoms with Crippen molar-refractivity contribution in [3.8, 4) is 11.5 Å². The topological polar surface area (TPSA) is 109 Å². The minimum absolute atomic E-state index is 0.0776. The lowest BCUT2D eigenvalue weighted by atomic mass is 10.1. The monoisotopic (exact) mass is 448 g/mol. The summed E-state index contributed by atoms with van der Waals surface area (Å²) in [6, 6.07) is 10.0. The number of halogens is 1. The van der Waals surface area contributed by atoms with Crippen LogP contribution in [0.1, 0.15) is 12.0 Å². The number of aliphatic hydroxyl groups is 1. The van der Waals surface area contributed by atoms with Crippen molar-refractivity contribution in [1.82, 2.24) is 9.29 Å². The molecule has 4 rings (SSSR count). The number of hydrogen-bond acceptors (Lipinski definition) is 6. The van der Waals surface area contributed by atoms with Crippen LogP contribution < -0.4 is 15.0 Å². The van der Waals surface area contributed by atoms with Crippen LogP contribution in [0.3, 0.4) is 0 Å². The van der Waals surface area contributed by atoms with E-state index in [1.54, 1.807) is 18.2 Å². The molecular formula is C21H21FN2O6S. The third kappa shape index (κ3) is 4.27. The van der Waals surface area contributed by atoms with Gasteiger partial charge in [0.25, 0.3) is 5.56 Å². The molecule has 8 nitrogen and oxygen atoms in total. The van der Waals surface area contributed by atoms with Crippen molar-refractivity contribution in [2.24, 2.45) is 0 Å². The Hall–Kier alpha value is -2.95. The van der Waals surface area contributed by atoms with Crippen LogP contribution in [-0.4, -0.2) is 49.2 Å². The molecule has 0 aliphatic carbocycles. The van der Waals surface area contributed by atoms with E-state index in [9.17, 15) is 22.7 Å². The van der Waals surface area contributed by atoms with E-state index >= 15 is 0 Å². The van der Waals surface area contributed by atoms with Gasteiger partial charge >= 0.3 is 0 Å². The zero-order chi connectivity index (χ0) is 22.0. The molecule has 0 spiro atoms. The maximum absolute atomic E-state index is 14.2. The average molecular weight is 448 g/mol. The quantitative estimate of drug-likeness (QED) is 0.572. The minimum atomic E-state index is -4.24. The highest BCUT2D eigenvalue weighted by atomic mass is 32.2. The number of pyridine rings is 1. The predicted octanol–water partition coefficient (Wildman–Crippen LogP) is 2.01. The van der Waals surface area contributed by atoms with Crippen molar-refractivity contribution in [3.63, 3.8) is 0 Å². The summed E-state index contributed by atoms with van der Waals surface area (Å²) in [6.45, 7) is 0.210. The Morgan fingerprint density at radius 3 is 2.52 bits per heavy atom. The molecule has 1 aliphatic rings. The van der Waals surface area contributed by atoms with Gasteiger partial charge in [0.1, 0.15) is 23.9 Å². The third-order valence-electron chi connectivity index (χ3n) is 4.95. The van der Waals surface area contributed by atoms with Crippen molar-refractivity contribution in [2.45, 2.75) is 17.9 Å². The number of sulfonamides is 1. The fourth-order valence-electron chi connectivity index (χ4n) is 3.42. The number of rotatable bonds is 7. The molecule has 0 saturated heterocycles. The molecule has 0 radical (unpaired) electrons. The SMILES string of the molecule is O=c1[nH]c2cc3c(cc2cc1CN(CCCO)S(=O)(=O)c1ccccc1F)OCCO3. The molecule has 0 atom stereocenters. The number of ether oxygens (including phenoxy) is 2. The number of benzene rings is 2. The average Bonchev–Trinajstić information content (AvgIpc) is 2.75. The van der Waals surface area contributed by atoms with E-state index < -0.39 is 26.3 Å². The zero-order valence-corrected chi connectivity index (χ0v) is 17.3. The van der Waals surface area contributed by atoms with Crippen LogP contribution in [0.15, 0.2) is 52.2 Å². The maximum atomic E-state index is 14.2. The number of aromatic nitrogens is 1. The second kappa shape index (κ2) is 8.66. The summed E-state index contributed by atoms with van der Waals surface area (Å²) in [5.41, 5.74) is 0.237.